The second-order valence-electron chi connectivity index (χ2n) is 13.3. The van der Waals surface area contributed by atoms with Gasteiger partial charge in [0, 0.05) is 45.8 Å². The van der Waals surface area contributed by atoms with Crippen LogP contribution in [0.25, 0.3) is 0 Å². The number of benzene rings is 1. The van der Waals surface area contributed by atoms with Gasteiger partial charge in [0.25, 0.3) is 5.91 Å². The molecule has 14 heteroatoms. The number of amides is 4. The highest BCUT2D eigenvalue weighted by molar-refractivity contribution is 5.95. The lowest BCUT2D eigenvalue weighted by atomic mass is 9.76. The van der Waals surface area contributed by atoms with Gasteiger partial charge in [-0.25, -0.2) is 9.02 Å². The number of nitrogens with zero attached hydrogens (tertiary/aromatic N) is 4. The molecule has 2 heterocycles. The third kappa shape index (κ3) is 9.16. The Morgan fingerprint density at radius 3 is 2.35 bits per heavy atom. The molecule has 3 N–H and O–H groups in total. The van der Waals surface area contributed by atoms with Crippen LogP contribution in [-0.2, 0) is 25.5 Å². The van der Waals surface area contributed by atoms with Crippen molar-refractivity contribution in [2.75, 3.05) is 52.2 Å². The van der Waals surface area contributed by atoms with Crippen molar-refractivity contribution < 1.29 is 32.9 Å². The number of nitrogens with one attached hydrogen (secondary N) is 3. The normalized spacial score (nSPS) is 21.1. The first kappa shape index (κ1) is 36.9. The molecule has 2 aromatic rings. The maximum Gasteiger partial charge on any atom is 0.275 e. The summed E-state index contributed by atoms with van der Waals surface area (Å²) < 4.78 is 25.6. The molecule has 0 spiro atoms. The smallest absolute Gasteiger partial charge is 0.275 e. The number of carbonyl (C=O) groups is 4. The zero-order valence-electron chi connectivity index (χ0n) is 28.9. The van der Waals surface area contributed by atoms with E-state index in [0.29, 0.717) is 49.8 Å². The Balaban J connectivity index is 1.50. The molecule has 2 fully saturated rings. The minimum absolute atomic E-state index is 0.00406. The number of likely N-dealkylation sites (N-methyl/N-ethyl adjacent to an activating group) is 1. The van der Waals surface area contributed by atoms with E-state index in [0.717, 1.165) is 25.7 Å². The number of hydrogen-bond acceptors (Lipinski definition) is 9. The van der Waals surface area contributed by atoms with Gasteiger partial charge in [0.15, 0.2) is 5.69 Å². The van der Waals surface area contributed by atoms with E-state index in [1.807, 2.05) is 14.0 Å². The van der Waals surface area contributed by atoms with Crippen LogP contribution in [0.3, 0.4) is 0 Å². The fraction of sp³-hybridized carbons (Fsp3) is 0.647. The summed E-state index contributed by atoms with van der Waals surface area (Å²) in [7, 11) is 3.40. The van der Waals surface area contributed by atoms with Crippen LogP contribution in [0.15, 0.2) is 22.8 Å². The van der Waals surface area contributed by atoms with Gasteiger partial charge >= 0.3 is 0 Å². The summed E-state index contributed by atoms with van der Waals surface area (Å²) in [6, 6.07) is 3.47. The number of methoxy groups -OCH3 is 1. The van der Waals surface area contributed by atoms with Gasteiger partial charge in [-0.1, -0.05) is 44.8 Å². The summed E-state index contributed by atoms with van der Waals surface area (Å²) in [5.41, 5.74) is 0.990. The minimum atomic E-state index is -0.951. The Bertz CT molecular complexity index is 1420. The number of piperazine rings is 1. The zero-order valence-corrected chi connectivity index (χ0v) is 28.9. The first-order valence-corrected chi connectivity index (χ1v) is 16.9. The molecule has 0 radical (unpaired) electrons. The minimum Gasteiger partial charge on any atom is -0.372 e. The molecular formula is C34H50FN7O6. The molecule has 1 aliphatic heterocycles. The van der Waals surface area contributed by atoms with E-state index >= 15 is 4.39 Å². The van der Waals surface area contributed by atoms with E-state index in [9.17, 15) is 19.2 Å². The number of ether oxygens (including phenoxy) is 1. The summed E-state index contributed by atoms with van der Waals surface area (Å²) in [5, 5.41) is 15.9. The molecule has 4 rings (SSSR count). The average Bonchev–Trinajstić information content (AvgIpc) is 3.57. The number of carbonyl (C=O) groups excluding carboxylic acids is 4. The van der Waals surface area contributed by atoms with Gasteiger partial charge in [0.2, 0.25) is 17.7 Å². The number of anilines is 1. The Morgan fingerprint density at radius 2 is 1.73 bits per heavy atom. The molecule has 0 unspecified atom stereocenters. The van der Waals surface area contributed by atoms with E-state index in [1.54, 1.807) is 24.8 Å². The molecule has 48 heavy (non-hydrogen) atoms. The van der Waals surface area contributed by atoms with Gasteiger partial charge in [-0.3, -0.25) is 19.2 Å². The van der Waals surface area contributed by atoms with Crippen LogP contribution in [0.4, 0.5) is 10.1 Å². The number of halogens is 1. The number of rotatable bonds is 13. The average molecular weight is 672 g/mol. The predicted octanol–water partition coefficient (Wildman–Crippen LogP) is 2.98. The second kappa shape index (κ2) is 17.0. The van der Waals surface area contributed by atoms with Gasteiger partial charge in [-0.2, -0.15) is 0 Å². The molecule has 1 saturated carbocycles. The molecule has 13 nitrogen and oxygen atoms in total. The van der Waals surface area contributed by atoms with Crippen LogP contribution in [0.1, 0.15) is 81.0 Å². The Kier molecular flexibility index (Phi) is 13.0. The van der Waals surface area contributed by atoms with Gasteiger partial charge in [-0.05, 0) is 67.9 Å². The van der Waals surface area contributed by atoms with E-state index in [1.165, 1.54) is 19.2 Å². The van der Waals surface area contributed by atoms with Crippen molar-refractivity contribution in [3.8, 4) is 0 Å². The van der Waals surface area contributed by atoms with Crippen LogP contribution in [0, 0.1) is 23.6 Å². The fourth-order valence-electron chi connectivity index (χ4n) is 6.39. The van der Waals surface area contributed by atoms with Crippen molar-refractivity contribution in [1.29, 1.82) is 0 Å². The van der Waals surface area contributed by atoms with Crippen molar-refractivity contribution in [1.82, 2.24) is 30.7 Å². The summed E-state index contributed by atoms with van der Waals surface area (Å²) in [6.07, 6.45) is 3.25. The van der Waals surface area contributed by atoms with E-state index in [4.69, 9.17) is 9.37 Å². The van der Waals surface area contributed by atoms with E-state index < -0.39 is 47.5 Å². The van der Waals surface area contributed by atoms with E-state index in [-0.39, 0.29) is 29.8 Å². The van der Waals surface area contributed by atoms with Gasteiger partial charge in [-0.15, -0.1) is 0 Å². The highest BCUT2D eigenvalue weighted by atomic mass is 19.1. The van der Waals surface area contributed by atoms with Crippen LogP contribution < -0.4 is 16.0 Å². The van der Waals surface area contributed by atoms with Crippen LogP contribution in [0.2, 0.25) is 0 Å². The van der Waals surface area contributed by atoms with Gasteiger partial charge < -0.3 is 30.5 Å². The summed E-state index contributed by atoms with van der Waals surface area (Å²) in [4.78, 5) is 56.9. The molecule has 1 saturated heterocycles. The number of aromatic nitrogens is 2. The van der Waals surface area contributed by atoms with Crippen molar-refractivity contribution in [3.63, 3.8) is 0 Å². The monoisotopic (exact) mass is 671 g/mol. The molecule has 0 bridgehead atoms. The molecular weight excluding hydrogens is 621 g/mol. The summed E-state index contributed by atoms with van der Waals surface area (Å²) >= 11 is 0. The van der Waals surface area contributed by atoms with Crippen molar-refractivity contribution in [3.05, 3.63) is 41.0 Å². The lowest BCUT2D eigenvalue weighted by molar-refractivity contribution is -0.140. The van der Waals surface area contributed by atoms with Crippen molar-refractivity contribution >= 4 is 29.3 Å². The first-order chi connectivity index (χ1) is 22.9. The summed E-state index contributed by atoms with van der Waals surface area (Å²) in [6.45, 7) is 9.87. The maximum atomic E-state index is 15.7. The third-order valence-corrected chi connectivity index (χ3v) is 9.93. The third-order valence-electron chi connectivity index (χ3n) is 9.93. The lowest BCUT2D eigenvalue weighted by Gasteiger charge is -2.36. The number of hydrogen-bond donors (Lipinski definition) is 3. The quantitative estimate of drug-likeness (QED) is 0.291. The Labute approximate surface area is 281 Å². The van der Waals surface area contributed by atoms with Crippen LogP contribution in [-0.4, -0.2) is 103 Å². The zero-order chi connectivity index (χ0) is 35.0. The topological polar surface area (TPSA) is 159 Å². The second-order valence-corrected chi connectivity index (χ2v) is 13.3. The molecule has 4 amide bonds. The first-order valence-electron chi connectivity index (χ1n) is 16.9. The Morgan fingerprint density at radius 1 is 1.04 bits per heavy atom. The summed E-state index contributed by atoms with van der Waals surface area (Å²) in [5.74, 6) is -2.87. The number of aryl methyl sites for hydroxylation is 1. The molecule has 1 aromatic heterocycles. The molecule has 2 aliphatic rings. The highest BCUT2D eigenvalue weighted by Crippen LogP contribution is 2.34. The molecule has 1 aliphatic carbocycles. The van der Waals surface area contributed by atoms with Crippen LogP contribution >= 0.6 is 0 Å². The van der Waals surface area contributed by atoms with Gasteiger partial charge in [0.1, 0.15) is 23.7 Å². The standard InChI is InChI=1S/C34H50FN7O6/c1-7-27-30(40-48-39-27)33(45)36-19-25(23-10-8-20(2)9-11-23)32(44)37-28-13-12-24(18-26(28)35)21(3)29(38-31(43)22(4)47-6)34(46)42-16-14-41(5)15-17-42/h12-13,18,20-23,25,29H,7-11,14-17,19H2,1-6H3,(H,36,45)(H,37,44)(H,38,43)/t20?,21-,22-,23?,25-,29+/m0/s1. The maximum absolute atomic E-state index is 15.7. The Hall–Kier alpha value is -3.91. The van der Waals surface area contributed by atoms with Gasteiger partial charge in [0.05, 0.1) is 11.6 Å². The molecule has 1 aromatic carbocycles. The predicted molar refractivity (Wildman–Crippen MR) is 177 cm³/mol. The van der Waals surface area contributed by atoms with Crippen molar-refractivity contribution in [2.45, 2.75) is 77.9 Å². The largest absolute Gasteiger partial charge is 0.372 e. The van der Waals surface area contributed by atoms with Crippen LogP contribution in [0.5, 0.6) is 0 Å². The lowest BCUT2D eigenvalue weighted by Crippen LogP contribution is -2.56. The van der Waals surface area contributed by atoms with Crippen molar-refractivity contribution in [2.24, 2.45) is 17.8 Å². The molecule has 4 atom stereocenters. The fourth-order valence-corrected chi connectivity index (χ4v) is 6.39. The highest BCUT2D eigenvalue weighted by Gasteiger charge is 2.35. The molecule has 264 valence electrons. The SMILES string of the molecule is CCc1nonc1C(=O)NC[C@H](C(=O)Nc1ccc([C@H](C)[C@@H](NC(=O)[C@H](C)OC)C(=O)N2CCN(C)CC2)cc1F)C1CCC(C)CC1. The van der Waals surface area contributed by atoms with E-state index in [2.05, 4.69) is 38.1 Å².